The normalized spacial score (nSPS) is 18.9. The minimum Gasteiger partial charge on any atom is -0.470 e. The summed E-state index contributed by atoms with van der Waals surface area (Å²) >= 11 is 0. The van der Waals surface area contributed by atoms with Gasteiger partial charge in [0.15, 0.2) is 0 Å². The molecule has 5 heteroatoms. The highest BCUT2D eigenvalue weighted by Crippen LogP contribution is 2.36. The van der Waals surface area contributed by atoms with Gasteiger partial charge in [0.1, 0.15) is 11.4 Å². The lowest BCUT2D eigenvalue weighted by Crippen LogP contribution is -2.41. The molecule has 1 fully saturated rings. The molecule has 0 spiro atoms. The number of rotatable bonds is 6. The standard InChI is InChI=1S/C19H25BO4/c1-18(2)19(3,4)24-20(23-18)17-11-10-16(22-17)12-13-21-14-15-8-6-5-7-9-15/h5-11H,12-14H2,1-4H3. The third-order valence-electron chi connectivity index (χ3n) is 4.77. The number of benzene rings is 1. The molecule has 0 unspecified atom stereocenters. The maximum Gasteiger partial charge on any atom is 0.532 e. The van der Waals surface area contributed by atoms with Crippen molar-refractivity contribution in [1.82, 2.24) is 0 Å². The number of ether oxygens (including phenoxy) is 1. The molecule has 1 aromatic carbocycles. The number of hydrogen-bond acceptors (Lipinski definition) is 4. The van der Waals surface area contributed by atoms with Crippen molar-refractivity contribution in [1.29, 1.82) is 0 Å². The molecule has 0 aliphatic carbocycles. The Morgan fingerprint density at radius 2 is 1.58 bits per heavy atom. The Hall–Kier alpha value is -1.56. The molecule has 128 valence electrons. The Morgan fingerprint density at radius 1 is 0.917 bits per heavy atom. The summed E-state index contributed by atoms with van der Waals surface area (Å²) in [6, 6.07) is 14.0. The Bertz CT molecular complexity index is 647. The molecule has 24 heavy (non-hydrogen) atoms. The zero-order valence-corrected chi connectivity index (χ0v) is 14.9. The van der Waals surface area contributed by atoms with Crippen LogP contribution < -0.4 is 5.66 Å². The average Bonchev–Trinajstić information content (AvgIpc) is 3.08. The zero-order chi connectivity index (χ0) is 17.2. The Kier molecular flexibility index (Phi) is 4.86. The zero-order valence-electron chi connectivity index (χ0n) is 14.9. The van der Waals surface area contributed by atoms with Crippen molar-refractivity contribution in [3.8, 4) is 0 Å². The fraction of sp³-hybridized carbons (Fsp3) is 0.474. The smallest absolute Gasteiger partial charge is 0.470 e. The van der Waals surface area contributed by atoms with E-state index in [9.17, 15) is 0 Å². The molecule has 2 aromatic rings. The Balaban J connectivity index is 1.50. The van der Waals surface area contributed by atoms with Crippen molar-refractivity contribution < 1.29 is 18.5 Å². The fourth-order valence-corrected chi connectivity index (χ4v) is 2.55. The molecule has 0 amide bonds. The van der Waals surface area contributed by atoms with E-state index in [1.54, 1.807) is 0 Å². The first-order chi connectivity index (χ1) is 11.4. The SMILES string of the molecule is CC1(C)OB(c2ccc(CCOCc3ccccc3)o2)OC1(C)C. The van der Waals surface area contributed by atoms with Crippen molar-refractivity contribution in [2.24, 2.45) is 0 Å². The highest BCUT2D eigenvalue weighted by molar-refractivity contribution is 6.60. The van der Waals surface area contributed by atoms with Crippen LogP contribution in [0.5, 0.6) is 0 Å². The second-order valence-corrected chi connectivity index (χ2v) is 7.18. The second kappa shape index (κ2) is 6.75. The summed E-state index contributed by atoms with van der Waals surface area (Å²) in [7, 11) is -0.450. The third-order valence-corrected chi connectivity index (χ3v) is 4.77. The molecule has 1 saturated heterocycles. The molecular weight excluding hydrogens is 303 g/mol. The minimum atomic E-state index is -0.450. The van der Waals surface area contributed by atoms with Crippen LogP contribution in [-0.2, 0) is 27.1 Å². The molecule has 2 heterocycles. The van der Waals surface area contributed by atoms with Gasteiger partial charge in [0.25, 0.3) is 0 Å². The predicted molar refractivity (Wildman–Crippen MR) is 94.2 cm³/mol. The summed E-state index contributed by atoms with van der Waals surface area (Å²) in [5.41, 5.74) is 1.17. The lowest BCUT2D eigenvalue weighted by Gasteiger charge is -2.32. The van der Waals surface area contributed by atoms with Crippen LogP contribution in [-0.4, -0.2) is 24.9 Å². The topological polar surface area (TPSA) is 40.8 Å². The molecule has 0 bridgehead atoms. The number of furan rings is 1. The lowest BCUT2D eigenvalue weighted by atomic mass is 9.86. The first-order valence-corrected chi connectivity index (χ1v) is 8.43. The summed E-state index contributed by atoms with van der Waals surface area (Å²) in [5, 5.41) is 0. The monoisotopic (exact) mass is 328 g/mol. The van der Waals surface area contributed by atoms with E-state index < -0.39 is 7.12 Å². The van der Waals surface area contributed by atoms with Gasteiger partial charge < -0.3 is 18.5 Å². The van der Waals surface area contributed by atoms with Gasteiger partial charge in [0.2, 0.25) is 0 Å². The van der Waals surface area contributed by atoms with Crippen molar-refractivity contribution >= 4 is 12.8 Å². The van der Waals surface area contributed by atoms with Gasteiger partial charge in [0.05, 0.1) is 24.4 Å². The van der Waals surface area contributed by atoms with Crippen LogP contribution in [0.15, 0.2) is 46.9 Å². The van der Waals surface area contributed by atoms with E-state index in [4.69, 9.17) is 18.5 Å². The quantitative estimate of drug-likeness (QED) is 0.602. The minimum absolute atomic E-state index is 0.358. The summed E-state index contributed by atoms with van der Waals surface area (Å²) in [5.74, 6) is 0.882. The van der Waals surface area contributed by atoms with Gasteiger partial charge in [-0.2, -0.15) is 0 Å². The molecule has 0 atom stereocenters. The molecule has 0 saturated carbocycles. The fourth-order valence-electron chi connectivity index (χ4n) is 2.55. The first-order valence-electron chi connectivity index (χ1n) is 8.43. The van der Waals surface area contributed by atoms with E-state index in [1.165, 1.54) is 5.56 Å². The number of hydrogen-bond donors (Lipinski definition) is 0. The van der Waals surface area contributed by atoms with Crippen molar-refractivity contribution in [3.05, 3.63) is 53.8 Å². The van der Waals surface area contributed by atoms with Crippen molar-refractivity contribution in [3.63, 3.8) is 0 Å². The van der Waals surface area contributed by atoms with Crippen LogP contribution in [0.4, 0.5) is 0 Å². The highest BCUT2D eigenvalue weighted by atomic mass is 16.7. The second-order valence-electron chi connectivity index (χ2n) is 7.18. The van der Waals surface area contributed by atoms with Crippen LogP contribution in [0.1, 0.15) is 39.0 Å². The van der Waals surface area contributed by atoms with E-state index in [0.29, 0.717) is 18.9 Å². The summed E-state index contributed by atoms with van der Waals surface area (Å²) < 4.78 is 23.6. The van der Waals surface area contributed by atoms with Gasteiger partial charge in [-0.15, -0.1) is 0 Å². The molecule has 0 N–H and O–H groups in total. The molecule has 0 radical (unpaired) electrons. The van der Waals surface area contributed by atoms with E-state index >= 15 is 0 Å². The molecule has 3 rings (SSSR count). The van der Waals surface area contributed by atoms with Gasteiger partial charge >= 0.3 is 7.12 Å². The van der Waals surface area contributed by atoms with Gasteiger partial charge in [-0.1, -0.05) is 30.3 Å². The molecular formula is C19H25BO4. The molecule has 4 nitrogen and oxygen atoms in total. The maximum absolute atomic E-state index is 6.00. The average molecular weight is 328 g/mol. The third kappa shape index (κ3) is 3.74. The van der Waals surface area contributed by atoms with Crippen LogP contribution in [0.3, 0.4) is 0 Å². The predicted octanol–water partition coefficient (Wildman–Crippen LogP) is 3.34. The van der Waals surface area contributed by atoms with Crippen LogP contribution >= 0.6 is 0 Å². The van der Waals surface area contributed by atoms with E-state index in [1.807, 2.05) is 58.0 Å². The highest BCUT2D eigenvalue weighted by Gasteiger charge is 2.53. The van der Waals surface area contributed by atoms with E-state index in [2.05, 4.69) is 12.1 Å². The van der Waals surface area contributed by atoms with Crippen LogP contribution in [0, 0.1) is 0 Å². The Morgan fingerprint density at radius 3 is 2.25 bits per heavy atom. The van der Waals surface area contributed by atoms with Gasteiger partial charge in [-0.3, -0.25) is 0 Å². The molecule has 1 aromatic heterocycles. The van der Waals surface area contributed by atoms with Gasteiger partial charge in [0, 0.05) is 6.42 Å². The maximum atomic E-state index is 6.00. The van der Waals surface area contributed by atoms with Crippen LogP contribution in [0.25, 0.3) is 0 Å². The largest absolute Gasteiger partial charge is 0.532 e. The van der Waals surface area contributed by atoms with Crippen molar-refractivity contribution in [2.75, 3.05) is 6.61 Å². The van der Waals surface area contributed by atoms with Gasteiger partial charge in [-0.25, -0.2) is 0 Å². The van der Waals surface area contributed by atoms with Gasteiger partial charge in [-0.05, 0) is 45.4 Å². The summed E-state index contributed by atoms with van der Waals surface area (Å²) in [4.78, 5) is 0. The molecule has 1 aliphatic rings. The summed E-state index contributed by atoms with van der Waals surface area (Å²) in [6.07, 6.45) is 0.729. The van der Waals surface area contributed by atoms with E-state index in [-0.39, 0.29) is 11.2 Å². The van der Waals surface area contributed by atoms with Crippen molar-refractivity contribution in [2.45, 2.75) is 51.9 Å². The Labute approximate surface area is 144 Å². The lowest BCUT2D eigenvalue weighted by molar-refractivity contribution is 0.00578. The first kappa shape index (κ1) is 17.3. The summed E-state index contributed by atoms with van der Waals surface area (Å²) in [6.45, 7) is 9.38. The molecule has 1 aliphatic heterocycles. The van der Waals surface area contributed by atoms with E-state index in [0.717, 1.165) is 12.2 Å². The van der Waals surface area contributed by atoms with Crippen LogP contribution in [0.2, 0.25) is 0 Å².